The van der Waals surface area contributed by atoms with Crippen LogP contribution in [0.4, 0.5) is 0 Å². The summed E-state index contributed by atoms with van der Waals surface area (Å²) >= 11 is 7.44. The monoisotopic (exact) mass is 430 g/mol. The van der Waals surface area contributed by atoms with Gasteiger partial charge in [-0.25, -0.2) is 4.98 Å². The van der Waals surface area contributed by atoms with E-state index in [1.165, 1.54) is 11.3 Å². The molecule has 2 aromatic carbocycles. The Balaban J connectivity index is 1.66. The molecular formula is C22H23ClN2O3S. The number of benzene rings is 2. The van der Waals surface area contributed by atoms with Crippen LogP contribution in [0.15, 0.2) is 53.9 Å². The Morgan fingerprint density at radius 1 is 1.14 bits per heavy atom. The van der Waals surface area contributed by atoms with Gasteiger partial charge in [-0.05, 0) is 50.2 Å². The second-order valence-electron chi connectivity index (χ2n) is 6.71. The molecule has 1 heterocycles. The number of aromatic nitrogens is 1. The number of nitrogens with zero attached hydrogens (tertiary/aromatic N) is 2. The van der Waals surface area contributed by atoms with Gasteiger partial charge in [0, 0.05) is 22.0 Å². The summed E-state index contributed by atoms with van der Waals surface area (Å²) < 4.78 is 11.1. The van der Waals surface area contributed by atoms with E-state index in [0.29, 0.717) is 35.2 Å². The number of thiazole rings is 1. The summed E-state index contributed by atoms with van der Waals surface area (Å²) in [5, 5.41) is 3.41. The van der Waals surface area contributed by atoms with Crippen LogP contribution in [0.2, 0.25) is 5.02 Å². The molecule has 29 heavy (non-hydrogen) atoms. The molecule has 1 amide bonds. The van der Waals surface area contributed by atoms with Gasteiger partial charge < -0.3 is 14.4 Å². The molecule has 5 nitrogen and oxygen atoms in total. The van der Waals surface area contributed by atoms with E-state index in [-0.39, 0.29) is 11.9 Å². The minimum Gasteiger partial charge on any atom is -0.493 e. The average Bonchev–Trinajstić information content (AvgIpc) is 3.18. The Morgan fingerprint density at radius 3 is 2.48 bits per heavy atom. The van der Waals surface area contributed by atoms with Gasteiger partial charge in [0.2, 0.25) is 0 Å². The lowest BCUT2D eigenvalue weighted by molar-refractivity contribution is 0.0688. The molecule has 152 valence electrons. The molecule has 3 aromatic rings. The van der Waals surface area contributed by atoms with Gasteiger partial charge in [-0.15, -0.1) is 11.3 Å². The van der Waals surface area contributed by atoms with Gasteiger partial charge in [-0.3, -0.25) is 4.79 Å². The zero-order valence-corrected chi connectivity index (χ0v) is 18.2. The summed E-state index contributed by atoms with van der Waals surface area (Å²) in [4.78, 5) is 19.3. The van der Waals surface area contributed by atoms with Gasteiger partial charge >= 0.3 is 0 Å². The van der Waals surface area contributed by atoms with Crippen LogP contribution in [0.1, 0.15) is 34.9 Å². The summed E-state index contributed by atoms with van der Waals surface area (Å²) in [6.07, 6.45) is 0. The topological polar surface area (TPSA) is 51.7 Å². The van der Waals surface area contributed by atoms with Gasteiger partial charge in [0.15, 0.2) is 11.5 Å². The molecule has 0 fully saturated rings. The van der Waals surface area contributed by atoms with E-state index in [4.69, 9.17) is 21.1 Å². The predicted molar refractivity (Wildman–Crippen MR) is 116 cm³/mol. The summed E-state index contributed by atoms with van der Waals surface area (Å²) in [5.41, 5.74) is 1.45. The van der Waals surface area contributed by atoms with E-state index in [9.17, 15) is 4.79 Å². The van der Waals surface area contributed by atoms with Crippen molar-refractivity contribution < 1.29 is 14.3 Å². The molecule has 0 atom stereocenters. The van der Waals surface area contributed by atoms with E-state index in [0.717, 1.165) is 10.7 Å². The first-order chi connectivity index (χ1) is 14.0. The minimum absolute atomic E-state index is 0.0353. The smallest absolute Gasteiger partial charge is 0.254 e. The van der Waals surface area contributed by atoms with Crippen molar-refractivity contribution in [1.29, 1.82) is 0 Å². The number of rotatable bonds is 8. The highest BCUT2D eigenvalue weighted by atomic mass is 35.5. The number of halogens is 1. The van der Waals surface area contributed by atoms with Crippen molar-refractivity contribution in [2.45, 2.75) is 33.0 Å². The number of carbonyl (C=O) groups excluding carboxylic acids is 1. The highest BCUT2D eigenvalue weighted by Gasteiger charge is 2.20. The predicted octanol–water partition coefficient (Wildman–Crippen LogP) is 5.43. The van der Waals surface area contributed by atoms with E-state index in [2.05, 4.69) is 4.98 Å². The molecule has 0 unspecified atom stereocenters. The first-order valence-corrected chi connectivity index (χ1v) is 10.5. The molecule has 3 rings (SSSR count). The molecule has 0 saturated carbocycles. The standard InChI is InChI=1S/C22H23ClN2O3S/c1-15(2)25(22(26)16-8-10-17(23)11-9-16)12-18-14-29-21(24-18)13-28-20-7-5-4-6-19(20)27-3/h4-11,14-15H,12-13H2,1-3H3. The van der Waals surface area contributed by atoms with E-state index >= 15 is 0 Å². The van der Waals surface area contributed by atoms with Gasteiger partial charge in [0.25, 0.3) is 5.91 Å². The summed E-state index contributed by atoms with van der Waals surface area (Å²) in [7, 11) is 1.61. The largest absolute Gasteiger partial charge is 0.493 e. The summed E-state index contributed by atoms with van der Waals surface area (Å²) in [6, 6.07) is 14.5. The maximum Gasteiger partial charge on any atom is 0.254 e. The summed E-state index contributed by atoms with van der Waals surface area (Å²) in [5.74, 6) is 1.31. The first kappa shape index (κ1) is 21.1. The second kappa shape index (κ2) is 9.76. The molecule has 7 heteroatoms. The van der Waals surface area contributed by atoms with Gasteiger partial charge in [-0.2, -0.15) is 0 Å². The van der Waals surface area contributed by atoms with Gasteiger partial charge in [-0.1, -0.05) is 23.7 Å². The Bertz CT molecular complexity index is 957. The lowest BCUT2D eigenvalue weighted by Crippen LogP contribution is -2.36. The number of carbonyl (C=O) groups is 1. The van der Waals surface area contributed by atoms with Gasteiger partial charge in [0.05, 0.1) is 19.3 Å². The fraction of sp³-hybridized carbons (Fsp3) is 0.273. The van der Waals surface area contributed by atoms with Crippen LogP contribution in [-0.2, 0) is 13.2 Å². The third kappa shape index (κ3) is 5.49. The SMILES string of the molecule is COc1ccccc1OCc1nc(CN(C(=O)c2ccc(Cl)cc2)C(C)C)cs1. The average molecular weight is 431 g/mol. The lowest BCUT2D eigenvalue weighted by Gasteiger charge is -2.26. The van der Waals surface area contributed by atoms with Crippen molar-refractivity contribution in [3.05, 3.63) is 75.2 Å². The third-order valence-corrected chi connectivity index (χ3v) is 5.45. The number of ether oxygens (including phenoxy) is 2. The molecule has 0 bridgehead atoms. The molecule has 0 aliphatic heterocycles. The lowest BCUT2D eigenvalue weighted by atomic mass is 10.1. The molecule has 0 aliphatic rings. The molecule has 0 saturated heterocycles. The highest BCUT2D eigenvalue weighted by Crippen LogP contribution is 2.27. The number of hydrogen-bond acceptors (Lipinski definition) is 5. The van der Waals surface area contributed by atoms with E-state index in [1.54, 1.807) is 36.3 Å². The van der Waals surface area contributed by atoms with Crippen LogP contribution in [0, 0.1) is 0 Å². The minimum atomic E-state index is -0.0449. The molecule has 0 spiro atoms. The zero-order chi connectivity index (χ0) is 20.8. The van der Waals surface area contributed by atoms with Crippen LogP contribution in [0.25, 0.3) is 0 Å². The Kier molecular flexibility index (Phi) is 7.12. The third-order valence-electron chi connectivity index (χ3n) is 4.33. The zero-order valence-electron chi connectivity index (χ0n) is 16.6. The van der Waals surface area contributed by atoms with E-state index in [1.807, 2.05) is 43.5 Å². The number of hydrogen-bond donors (Lipinski definition) is 0. The summed E-state index contributed by atoms with van der Waals surface area (Å²) in [6.45, 7) is 4.76. The maximum absolute atomic E-state index is 12.9. The van der Waals surface area contributed by atoms with Gasteiger partial charge in [0.1, 0.15) is 11.6 Å². The normalized spacial score (nSPS) is 10.8. The molecule has 0 radical (unpaired) electrons. The molecule has 0 aliphatic carbocycles. The fourth-order valence-electron chi connectivity index (χ4n) is 2.79. The quantitative estimate of drug-likeness (QED) is 0.477. The Labute approximate surface area is 179 Å². The highest BCUT2D eigenvalue weighted by molar-refractivity contribution is 7.09. The van der Waals surface area contributed by atoms with Crippen molar-refractivity contribution in [3.63, 3.8) is 0 Å². The van der Waals surface area contributed by atoms with Crippen LogP contribution in [0.5, 0.6) is 11.5 Å². The van der Waals surface area contributed by atoms with Crippen LogP contribution < -0.4 is 9.47 Å². The van der Waals surface area contributed by atoms with Crippen LogP contribution >= 0.6 is 22.9 Å². The molecule has 1 aromatic heterocycles. The molecular weight excluding hydrogens is 408 g/mol. The number of amides is 1. The van der Waals surface area contributed by atoms with Crippen molar-refractivity contribution >= 4 is 28.8 Å². The first-order valence-electron chi connectivity index (χ1n) is 9.23. The van der Waals surface area contributed by atoms with Crippen molar-refractivity contribution in [3.8, 4) is 11.5 Å². The second-order valence-corrected chi connectivity index (χ2v) is 8.08. The van der Waals surface area contributed by atoms with Crippen molar-refractivity contribution in [1.82, 2.24) is 9.88 Å². The molecule has 0 N–H and O–H groups in total. The van der Waals surface area contributed by atoms with Crippen LogP contribution in [0.3, 0.4) is 0 Å². The maximum atomic E-state index is 12.9. The van der Waals surface area contributed by atoms with Crippen LogP contribution in [-0.4, -0.2) is 28.9 Å². The van der Waals surface area contributed by atoms with Crippen molar-refractivity contribution in [2.75, 3.05) is 7.11 Å². The number of methoxy groups -OCH3 is 1. The van der Waals surface area contributed by atoms with Crippen molar-refractivity contribution in [2.24, 2.45) is 0 Å². The Morgan fingerprint density at radius 2 is 1.83 bits per heavy atom. The fourth-order valence-corrected chi connectivity index (χ4v) is 3.61. The van der Waals surface area contributed by atoms with E-state index < -0.39 is 0 Å². The number of para-hydroxylation sites is 2. The Hall–Kier alpha value is -2.57.